The Hall–Kier alpha value is -1.75. The molecule has 12 heavy (non-hydrogen) atoms. The molecule has 0 aromatic heterocycles. The lowest BCUT2D eigenvalue weighted by Gasteiger charge is -1.90. The van der Waals surface area contributed by atoms with Crippen LogP contribution < -0.4 is 5.73 Å². The van der Waals surface area contributed by atoms with Gasteiger partial charge in [-0.15, -0.1) is 12.8 Å². The molecule has 0 radical (unpaired) electrons. The molecule has 0 atom stereocenters. The molecule has 0 saturated heterocycles. The van der Waals surface area contributed by atoms with Crippen LogP contribution in [0.15, 0.2) is 24.3 Å². The van der Waals surface area contributed by atoms with Crippen LogP contribution in [0, 0.1) is 19.8 Å². The van der Waals surface area contributed by atoms with Gasteiger partial charge < -0.3 is 10.5 Å². The molecule has 1 aromatic carbocycles. The third-order valence-corrected chi connectivity index (χ3v) is 1.08. The maximum Gasteiger partial charge on any atom is 0.106 e. The Balaban J connectivity index is 0. The van der Waals surface area contributed by atoms with Crippen molar-refractivity contribution in [1.29, 1.82) is 0 Å². The molecule has 0 heterocycles. The first-order valence-corrected chi connectivity index (χ1v) is 3.23. The minimum absolute atomic E-state index is 0.829. The first-order chi connectivity index (χ1) is 5.79. The fourth-order valence-corrected chi connectivity index (χ4v) is 0.566. The van der Waals surface area contributed by atoms with Gasteiger partial charge in [0.2, 0.25) is 0 Å². The van der Waals surface area contributed by atoms with Gasteiger partial charge in [0.1, 0.15) is 6.79 Å². The molecule has 0 aliphatic heterocycles. The molecule has 64 valence electrons. The Morgan fingerprint density at radius 1 is 1.17 bits per heavy atom. The molecular formula is C10H13NO. The van der Waals surface area contributed by atoms with Crippen LogP contribution in [0.3, 0.4) is 0 Å². The Morgan fingerprint density at radius 2 is 1.50 bits per heavy atom. The molecule has 0 bridgehead atoms. The Bertz CT molecular complexity index is 192. The summed E-state index contributed by atoms with van der Waals surface area (Å²) in [6.45, 7) is 4.04. The summed E-state index contributed by atoms with van der Waals surface area (Å²) in [6, 6.07) is 7.79. The first-order valence-electron chi connectivity index (χ1n) is 3.23. The molecule has 0 aliphatic rings. The van der Waals surface area contributed by atoms with Gasteiger partial charge in [-0.1, -0.05) is 17.7 Å². The highest BCUT2D eigenvalue weighted by Crippen LogP contribution is 2.02. The largest absolute Gasteiger partial charge is 0.399 e. The predicted octanol–water partition coefficient (Wildman–Crippen LogP) is 1.64. The number of hydrogen-bond donors (Lipinski definition) is 1. The summed E-state index contributed by atoms with van der Waals surface area (Å²) in [5, 5.41) is 0. The number of aryl methyl sites for hydroxylation is 1. The summed E-state index contributed by atoms with van der Waals surface area (Å²) in [7, 11) is 0. The van der Waals surface area contributed by atoms with Crippen molar-refractivity contribution in [1.82, 2.24) is 0 Å². The molecule has 0 unspecified atom stereocenters. The molecule has 1 aromatic rings. The second-order valence-electron chi connectivity index (χ2n) is 1.91. The van der Waals surface area contributed by atoms with Crippen LogP contribution >= 0.6 is 0 Å². The van der Waals surface area contributed by atoms with Crippen molar-refractivity contribution in [3.63, 3.8) is 0 Å². The SMILES string of the molecule is C#C.C=O.Cc1ccc(N)cc1. The second kappa shape index (κ2) is 9.25. The van der Waals surface area contributed by atoms with E-state index in [1.165, 1.54) is 5.56 Å². The summed E-state index contributed by atoms with van der Waals surface area (Å²) in [5.41, 5.74) is 7.51. The van der Waals surface area contributed by atoms with Gasteiger partial charge in [0.05, 0.1) is 0 Å². The summed E-state index contributed by atoms with van der Waals surface area (Å²) in [6.07, 6.45) is 8.00. The van der Waals surface area contributed by atoms with E-state index < -0.39 is 0 Å². The lowest BCUT2D eigenvalue weighted by molar-refractivity contribution is -0.0979. The Labute approximate surface area is 73.4 Å². The van der Waals surface area contributed by atoms with Crippen LogP contribution in [0.4, 0.5) is 5.69 Å². The smallest absolute Gasteiger partial charge is 0.106 e. The minimum atomic E-state index is 0.829. The number of rotatable bonds is 0. The van der Waals surface area contributed by atoms with Crippen LogP contribution in [0.25, 0.3) is 0 Å². The number of terminal acetylenes is 1. The molecule has 0 aliphatic carbocycles. The zero-order valence-electron chi connectivity index (χ0n) is 7.16. The van der Waals surface area contributed by atoms with E-state index in [1.807, 2.05) is 38.0 Å². The van der Waals surface area contributed by atoms with Crippen molar-refractivity contribution in [2.45, 2.75) is 6.92 Å². The Kier molecular flexibility index (Phi) is 9.93. The number of carbonyl (C=O) groups is 1. The maximum absolute atomic E-state index is 8.00. The monoisotopic (exact) mass is 163 g/mol. The standard InChI is InChI=1S/C7H9N.C2H2.CH2O/c1-6-2-4-7(8)5-3-6;2*1-2/h2-5H,8H2,1H3;1-2H;1H2. The lowest BCUT2D eigenvalue weighted by atomic mass is 10.2. The van der Waals surface area contributed by atoms with E-state index in [2.05, 4.69) is 12.8 Å². The molecule has 0 saturated carbocycles. The predicted molar refractivity (Wildman–Crippen MR) is 52.6 cm³/mol. The molecular weight excluding hydrogens is 150 g/mol. The van der Waals surface area contributed by atoms with Crippen molar-refractivity contribution in [3.8, 4) is 12.8 Å². The number of hydrogen-bond acceptors (Lipinski definition) is 2. The fraction of sp³-hybridized carbons (Fsp3) is 0.100. The van der Waals surface area contributed by atoms with Crippen molar-refractivity contribution in [2.24, 2.45) is 0 Å². The van der Waals surface area contributed by atoms with E-state index in [4.69, 9.17) is 10.5 Å². The highest BCUT2D eigenvalue weighted by atomic mass is 16.1. The third kappa shape index (κ3) is 6.37. The summed E-state index contributed by atoms with van der Waals surface area (Å²) >= 11 is 0. The summed E-state index contributed by atoms with van der Waals surface area (Å²) < 4.78 is 0. The average Bonchev–Trinajstić information content (AvgIpc) is 2.17. The van der Waals surface area contributed by atoms with Gasteiger partial charge in [-0.3, -0.25) is 0 Å². The molecule has 2 heteroatoms. The normalized spacial score (nSPS) is 6.58. The zero-order valence-corrected chi connectivity index (χ0v) is 7.16. The van der Waals surface area contributed by atoms with E-state index in [9.17, 15) is 0 Å². The number of nitrogens with two attached hydrogens (primary N) is 1. The Morgan fingerprint density at radius 3 is 1.75 bits per heavy atom. The topological polar surface area (TPSA) is 43.1 Å². The number of nitrogen functional groups attached to an aromatic ring is 1. The van der Waals surface area contributed by atoms with Gasteiger partial charge in [-0.05, 0) is 19.1 Å². The minimum Gasteiger partial charge on any atom is -0.399 e. The second-order valence-corrected chi connectivity index (χ2v) is 1.91. The first kappa shape index (κ1) is 12.9. The van der Waals surface area contributed by atoms with Crippen LogP contribution in [0.1, 0.15) is 5.56 Å². The molecule has 0 amide bonds. The van der Waals surface area contributed by atoms with E-state index in [1.54, 1.807) is 0 Å². The highest BCUT2D eigenvalue weighted by Gasteiger charge is 1.80. The van der Waals surface area contributed by atoms with Crippen molar-refractivity contribution >= 4 is 12.5 Å². The van der Waals surface area contributed by atoms with Crippen molar-refractivity contribution in [3.05, 3.63) is 29.8 Å². The maximum atomic E-state index is 8.00. The van der Waals surface area contributed by atoms with Crippen molar-refractivity contribution in [2.75, 3.05) is 5.73 Å². The van der Waals surface area contributed by atoms with Gasteiger partial charge in [0.15, 0.2) is 0 Å². The van der Waals surface area contributed by atoms with E-state index >= 15 is 0 Å². The quantitative estimate of drug-likeness (QED) is 0.466. The van der Waals surface area contributed by atoms with Gasteiger partial charge in [-0.2, -0.15) is 0 Å². The fourth-order valence-electron chi connectivity index (χ4n) is 0.566. The van der Waals surface area contributed by atoms with Gasteiger partial charge in [-0.25, -0.2) is 0 Å². The van der Waals surface area contributed by atoms with E-state index in [-0.39, 0.29) is 0 Å². The van der Waals surface area contributed by atoms with E-state index in [0.29, 0.717) is 0 Å². The molecule has 2 N–H and O–H groups in total. The lowest BCUT2D eigenvalue weighted by Crippen LogP contribution is -1.81. The molecule has 2 nitrogen and oxygen atoms in total. The van der Waals surface area contributed by atoms with Gasteiger partial charge in [0, 0.05) is 5.69 Å². The molecule has 0 fully saturated rings. The van der Waals surface area contributed by atoms with Crippen LogP contribution in [-0.4, -0.2) is 6.79 Å². The molecule has 1 rings (SSSR count). The summed E-state index contributed by atoms with van der Waals surface area (Å²) in [5.74, 6) is 0. The van der Waals surface area contributed by atoms with Gasteiger partial charge in [0.25, 0.3) is 0 Å². The number of benzene rings is 1. The summed E-state index contributed by atoms with van der Waals surface area (Å²) in [4.78, 5) is 8.00. The van der Waals surface area contributed by atoms with Crippen LogP contribution in [-0.2, 0) is 4.79 Å². The van der Waals surface area contributed by atoms with Crippen LogP contribution in [0.5, 0.6) is 0 Å². The zero-order chi connectivity index (χ0) is 9.98. The highest BCUT2D eigenvalue weighted by molar-refractivity contribution is 5.38. The third-order valence-electron chi connectivity index (χ3n) is 1.08. The van der Waals surface area contributed by atoms with E-state index in [0.717, 1.165) is 5.69 Å². The van der Waals surface area contributed by atoms with Crippen LogP contribution in [0.2, 0.25) is 0 Å². The number of carbonyl (C=O) groups excluding carboxylic acids is 1. The average molecular weight is 163 g/mol. The molecule has 0 spiro atoms. The van der Waals surface area contributed by atoms with Crippen molar-refractivity contribution < 1.29 is 4.79 Å². The van der Waals surface area contributed by atoms with Gasteiger partial charge >= 0.3 is 0 Å². The number of anilines is 1.